The van der Waals surface area contributed by atoms with Gasteiger partial charge in [0.15, 0.2) is 0 Å². The van der Waals surface area contributed by atoms with Crippen molar-refractivity contribution in [3.05, 3.63) is 78.4 Å². The van der Waals surface area contributed by atoms with Gasteiger partial charge >= 0.3 is 0 Å². The molecule has 7 nitrogen and oxygen atoms in total. The van der Waals surface area contributed by atoms with Crippen LogP contribution in [-0.4, -0.2) is 45.6 Å². The van der Waals surface area contributed by atoms with Crippen molar-refractivity contribution in [2.24, 2.45) is 0 Å². The van der Waals surface area contributed by atoms with E-state index in [4.69, 9.17) is 4.52 Å². The van der Waals surface area contributed by atoms with Crippen LogP contribution in [0.3, 0.4) is 0 Å². The summed E-state index contributed by atoms with van der Waals surface area (Å²) in [5.74, 6) is 0.970. The largest absolute Gasteiger partial charge is 0.347 e. The standard InChI is InChI=1S/C23H21N5O2/c1-28-14-18(25-22(29)19-8-4-5-11-24-19)13-20(28)23-26-21(27-30-23)17-10-9-15-6-2-3-7-16(15)12-17/h2-12,18,20H,13-14H2,1H3,(H,25,29)/t18-,20-/m0/s1. The Balaban J connectivity index is 1.31. The zero-order chi connectivity index (χ0) is 20.5. The van der Waals surface area contributed by atoms with Crippen molar-refractivity contribution in [2.45, 2.75) is 18.5 Å². The summed E-state index contributed by atoms with van der Waals surface area (Å²) in [4.78, 5) is 23.3. The average Bonchev–Trinajstić information content (AvgIpc) is 3.40. The van der Waals surface area contributed by atoms with Crippen molar-refractivity contribution in [3.63, 3.8) is 0 Å². The highest BCUT2D eigenvalue weighted by molar-refractivity contribution is 5.92. The van der Waals surface area contributed by atoms with Crippen LogP contribution in [0.15, 0.2) is 71.4 Å². The number of likely N-dealkylation sites (tertiary alicyclic amines) is 1. The Bertz CT molecular complexity index is 1190. The maximum absolute atomic E-state index is 12.4. The lowest BCUT2D eigenvalue weighted by atomic mass is 10.1. The van der Waals surface area contributed by atoms with Gasteiger partial charge in [-0.25, -0.2) is 0 Å². The number of carbonyl (C=O) groups is 1. The molecule has 150 valence electrons. The van der Waals surface area contributed by atoms with E-state index >= 15 is 0 Å². The molecule has 4 aromatic rings. The third kappa shape index (κ3) is 3.55. The summed E-state index contributed by atoms with van der Waals surface area (Å²) in [6, 6.07) is 19.6. The van der Waals surface area contributed by atoms with Crippen LogP contribution in [0.25, 0.3) is 22.2 Å². The predicted octanol–water partition coefficient (Wildman–Crippen LogP) is 3.46. The number of benzene rings is 2. The zero-order valence-electron chi connectivity index (χ0n) is 16.5. The number of hydrogen-bond acceptors (Lipinski definition) is 6. The van der Waals surface area contributed by atoms with Gasteiger partial charge < -0.3 is 9.84 Å². The van der Waals surface area contributed by atoms with E-state index in [-0.39, 0.29) is 18.0 Å². The maximum atomic E-state index is 12.4. The molecular formula is C23H21N5O2. The molecule has 1 saturated heterocycles. The van der Waals surface area contributed by atoms with Gasteiger partial charge in [0, 0.05) is 24.3 Å². The van der Waals surface area contributed by atoms with Crippen molar-refractivity contribution in [1.82, 2.24) is 25.3 Å². The predicted molar refractivity (Wildman–Crippen MR) is 113 cm³/mol. The number of aromatic nitrogens is 3. The molecule has 0 aliphatic carbocycles. The number of nitrogens with one attached hydrogen (secondary N) is 1. The molecule has 2 aromatic heterocycles. The van der Waals surface area contributed by atoms with Gasteiger partial charge in [-0.2, -0.15) is 4.98 Å². The Hall–Kier alpha value is -3.58. The summed E-state index contributed by atoms with van der Waals surface area (Å²) >= 11 is 0. The van der Waals surface area contributed by atoms with Gasteiger partial charge in [-0.15, -0.1) is 0 Å². The first-order valence-electron chi connectivity index (χ1n) is 9.92. The van der Waals surface area contributed by atoms with E-state index in [0.29, 0.717) is 30.4 Å². The second-order valence-electron chi connectivity index (χ2n) is 7.59. The summed E-state index contributed by atoms with van der Waals surface area (Å²) in [6.07, 6.45) is 2.32. The molecule has 5 rings (SSSR count). The molecule has 1 aliphatic rings. The molecule has 0 spiro atoms. The van der Waals surface area contributed by atoms with E-state index in [1.54, 1.807) is 24.4 Å². The Kier molecular flexibility index (Phi) is 4.72. The zero-order valence-corrected chi connectivity index (χ0v) is 16.5. The molecule has 30 heavy (non-hydrogen) atoms. The van der Waals surface area contributed by atoms with E-state index in [9.17, 15) is 4.79 Å². The Morgan fingerprint density at radius 2 is 1.93 bits per heavy atom. The molecule has 0 bridgehead atoms. The van der Waals surface area contributed by atoms with Crippen molar-refractivity contribution in [2.75, 3.05) is 13.6 Å². The van der Waals surface area contributed by atoms with E-state index in [0.717, 1.165) is 10.9 Å². The molecule has 0 radical (unpaired) electrons. The smallest absolute Gasteiger partial charge is 0.270 e. The van der Waals surface area contributed by atoms with Gasteiger partial charge in [-0.05, 0) is 42.4 Å². The van der Waals surface area contributed by atoms with Gasteiger partial charge in [0.2, 0.25) is 11.7 Å². The van der Waals surface area contributed by atoms with Crippen LogP contribution >= 0.6 is 0 Å². The lowest BCUT2D eigenvalue weighted by Crippen LogP contribution is -2.36. The summed E-state index contributed by atoms with van der Waals surface area (Å²) in [6.45, 7) is 0.705. The molecule has 0 unspecified atom stereocenters. The Labute approximate surface area is 173 Å². The van der Waals surface area contributed by atoms with Gasteiger partial charge in [0.1, 0.15) is 5.69 Å². The molecule has 1 amide bonds. The molecule has 2 atom stereocenters. The fourth-order valence-corrected chi connectivity index (χ4v) is 3.97. The van der Waals surface area contributed by atoms with Crippen molar-refractivity contribution >= 4 is 16.7 Å². The minimum Gasteiger partial charge on any atom is -0.347 e. The second-order valence-corrected chi connectivity index (χ2v) is 7.59. The third-order valence-corrected chi connectivity index (χ3v) is 5.52. The molecule has 1 aliphatic heterocycles. The number of likely N-dealkylation sites (N-methyl/N-ethyl adjacent to an activating group) is 1. The molecular weight excluding hydrogens is 378 g/mol. The number of fused-ring (bicyclic) bond motifs is 1. The van der Waals surface area contributed by atoms with Crippen LogP contribution < -0.4 is 5.32 Å². The monoisotopic (exact) mass is 399 g/mol. The number of hydrogen-bond donors (Lipinski definition) is 1. The Morgan fingerprint density at radius 3 is 2.77 bits per heavy atom. The quantitative estimate of drug-likeness (QED) is 0.566. The first kappa shape index (κ1) is 18.4. The summed E-state index contributed by atoms with van der Waals surface area (Å²) in [7, 11) is 2.00. The fraction of sp³-hybridized carbons (Fsp3) is 0.217. The van der Waals surface area contributed by atoms with Crippen molar-refractivity contribution in [1.29, 1.82) is 0 Å². The summed E-state index contributed by atoms with van der Waals surface area (Å²) in [5.41, 5.74) is 1.34. The van der Waals surface area contributed by atoms with Crippen LogP contribution in [0.4, 0.5) is 0 Å². The molecule has 3 heterocycles. The van der Waals surface area contributed by atoms with E-state index in [1.165, 1.54) is 5.39 Å². The number of rotatable bonds is 4. The first-order valence-corrected chi connectivity index (χ1v) is 9.92. The number of nitrogens with zero attached hydrogens (tertiary/aromatic N) is 4. The minimum atomic E-state index is -0.169. The topological polar surface area (TPSA) is 84.2 Å². The van der Waals surface area contributed by atoms with Crippen molar-refractivity contribution in [3.8, 4) is 11.4 Å². The fourth-order valence-electron chi connectivity index (χ4n) is 3.97. The average molecular weight is 399 g/mol. The maximum Gasteiger partial charge on any atom is 0.270 e. The minimum absolute atomic E-state index is 0.00877. The van der Waals surface area contributed by atoms with E-state index in [2.05, 4.69) is 49.6 Å². The van der Waals surface area contributed by atoms with Gasteiger partial charge in [0.25, 0.3) is 5.91 Å². The lowest BCUT2D eigenvalue weighted by molar-refractivity contribution is 0.0933. The Morgan fingerprint density at radius 1 is 1.10 bits per heavy atom. The number of amides is 1. The molecule has 1 fully saturated rings. The van der Waals surface area contributed by atoms with E-state index in [1.807, 2.05) is 25.2 Å². The highest BCUT2D eigenvalue weighted by Crippen LogP contribution is 2.31. The van der Waals surface area contributed by atoms with Gasteiger partial charge in [-0.3, -0.25) is 14.7 Å². The van der Waals surface area contributed by atoms with Gasteiger partial charge in [-0.1, -0.05) is 47.6 Å². The molecule has 0 saturated carbocycles. The lowest BCUT2D eigenvalue weighted by Gasteiger charge is -2.14. The summed E-state index contributed by atoms with van der Waals surface area (Å²) < 4.78 is 5.60. The van der Waals surface area contributed by atoms with Crippen LogP contribution in [0.2, 0.25) is 0 Å². The van der Waals surface area contributed by atoms with Crippen LogP contribution in [0.1, 0.15) is 28.8 Å². The van der Waals surface area contributed by atoms with Crippen molar-refractivity contribution < 1.29 is 9.32 Å². The third-order valence-electron chi connectivity index (χ3n) is 5.52. The number of pyridine rings is 1. The SMILES string of the molecule is CN1C[C@@H](NC(=O)c2ccccn2)C[C@H]1c1nc(-c2ccc3ccccc3c2)no1. The molecule has 7 heteroatoms. The van der Waals surface area contributed by atoms with Gasteiger partial charge in [0.05, 0.1) is 6.04 Å². The van der Waals surface area contributed by atoms with Crippen LogP contribution in [-0.2, 0) is 0 Å². The normalized spacial score (nSPS) is 19.2. The summed E-state index contributed by atoms with van der Waals surface area (Å²) in [5, 5.41) is 9.56. The highest BCUT2D eigenvalue weighted by Gasteiger charge is 2.35. The van der Waals surface area contributed by atoms with Crippen LogP contribution in [0.5, 0.6) is 0 Å². The number of carbonyl (C=O) groups excluding carboxylic acids is 1. The first-order chi connectivity index (χ1) is 14.7. The van der Waals surface area contributed by atoms with Crippen LogP contribution in [0, 0.1) is 0 Å². The second kappa shape index (κ2) is 7.68. The molecule has 1 N–H and O–H groups in total. The van der Waals surface area contributed by atoms with E-state index < -0.39 is 0 Å². The molecule has 2 aromatic carbocycles. The highest BCUT2D eigenvalue weighted by atomic mass is 16.5.